The molecule has 28 heavy (non-hydrogen) atoms. The molecule has 0 fully saturated rings. The van der Waals surface area contributed by atoms with E-state index in [2.05, 4.69) is 20.8 Å². The summed E-state index contributed by atoms with van der Waals surface area (Å²) in [4.78, 5) is 12.7. The van der Waals surface area contributed by atoms with Crippen molar-refractivity contribution in [2.24, 2.45) is 5.92 Å². The molecule has 0 aliphatic heterocycles. The second-order valence-corrected chi connectivity index (χ2v) is 8.52. The Bertz CT molecular complexity index is 385. The van der Waals surface area contributed by atoms with Gasteiger partial charge in [-0.3, -0.25) is 0 Å². The zero-order valence-corrected chi connectivity index (χ0v) is 19.9. The highest BCUT2D eigenvalue weighted by atomic mass is 16.6. The van der Waals surface area contributed by atoms with Crippen LogP contribution in [0, 0.1) is 5.92 Å². The molecule has 0 rings (SSSR count). The summed E-state index contributed by atoms with van der Waals surface area (Å²) in [6.07, 6.45) is 11.5. The van der Waals surface area contributed by atoms with Crippen LogP contribution in [-0.2, 0) is 19.0 Å². The van der Waals surface area contributed by atoms with E-state index in [4.69, 9.17) is 14.2 Å². The molecule has 0 aliphatic rings. The molecule has 0 saturated carbocycles. The first-order valence-electron chi connectivity index (χ1n) is 11.8. The number of unbranched alkanes of at least 4 members (excludes halogenated alkanes) is 4. The minimum absolute atomic E-state index is 0.101. The fraction of sp³-hybridized carbons (Fsp3) is 0.958. The van der Waals surface area contributed by atoms with Crippen LogP contribution < -0.4 is 0 Å². The van der Waals surface area contributed by atoms with Gasteiger partial charge in [0.1, 0.15) is 6.61 Å². The number of carbonyl (C=O) groups excluding carboxylic acids is 1. The highest BCUT2D eigenvalue weighted by Gasteiger charge is 2.35. The summed E-state index contributed by atoms with van der Waals surface area (Å²) >= 11 is 0. The maximum atomic E-state index is 12.7. The summed E-state index contributed by atoms with van der Waals surface area (Å²) < 4.78 is 17.5. The first-order chi connectivity index (χ1) is 13.3. The van der Waals surface area contributed by atoms with E-state index in [1.165, 1.54) is 51.4 Å². The largest absolute Gasteiger partial charge is 0.461 e. The molecule has 0 radical (unpaired) electrons. The van der Waals surface area contributed by atoms with Crippen molar-refractivity contribution in [2.75, 3.05) is 13.2 Å². The van der Waals surface area contributed by atoms with Crippen LogP contribution in [0.15, 0.2) is 0 Å². The van der Waals surface area contributed by atoms with Gasteiger partial charge >= 0.3 is 5.97 Å². The van der Waals surface area contributed by atoms with Crippen LogP contribution in [0.4, 0.5) is 0 Å². The van der Waals surface area contributed by atoms with Crippen molar-refractivity contribution in [1.82, 2.24) is 0 Å². The van der Waals surface area contributed by atoms with Crippen LogP contribution in [0.1, 0.15) is 113 Å². The van der Waals surface area contributed by atoms with Crippen molar-refractivity contribution < 1.29 is 19.0 Å². The van der Waals surface area contributed by atoms with Crippen molar-refractivity contribution in [3.05, 3.63) is 0 Å². The third kappa shape index (κ3) is 12.1. The van der Waals surface area contributed by atoms with E-state index >= 15 is 0 Å². The van der Waals surface area contributed by atoms with E-state index in [-0.39, 0.29) is 24.8 Å². The van der Waals surface area contributed by atoms with E-state index in [1.807, 2.05) is 27.7 Å². The number of hydrogen-bond acceptors (Lipinski definition) is 4. The number of ether oxygens (including phenoxy) is 3. The third-order valence-electron chi connectivity index (χ3n) is 5.66. The summed E-state index contributed by atoms with van der Waals surface area (Å²) in [6, 6.07) is 0. The first-order valence-corrected chi connectivity index (χ1v) is 11.8. The van der Waals surface area contributed by atoms with E-state index in [9.17, 15) is 4.79 Å². The Morgan fingerprint density at radius 1 is 0.857 bits per heavy atom. The predicted molar refractivity (Wildman–Crippen MR) is 118 cm³/mol. The van der Waals surface area contributed by atoms with Gasteiger partial charge in [0, 0.05) is 0 Å². The summed E-state index contributed by atoms with van der Waals surface area (Å²) in [7, 11) is 0. The van der Waals surface area contributed by atoms with Crippen molar-refractivity contribution >= 4 is 5.97 Å². The van der Waals surface area contributed by atoms with Gasteiger partial charge in [-0.05, 0) is 52.4 Å². The number of esters is 1. The molecule has 0 bridgehead atoms. The molecule has 0 saturated heterocycles. The molecule has 0 spiro atoms. The fourth-order valence-electron chi connectivity index (χ4n) is 3.15. The molecule has 4 atom stereocenters. The molecule has 0 aromatic heterocycles. The third-order valence-corrected chi connectivity index (χ3v) is 5.66. The highest BCUT2D eigenvalue weighted by Crippen LogP contribution is 2.24. The standard InChI is InChI=1S/C24H48O4/c1-8-12-14-15-17-22(16-13-9-2)19-27-24(7,11-4)23(25)26-18-21(6)28-20(5)10-3/h20-22H,8-19H2,1-7H3. The number of rotatable bonds is 18. The maximum absolute atomic E-state index is 12.7. The van der Waals surface area contributed by atoms with Gasteiger partial charge < -0.3 is 14.2 Å². The Kier molecular flexibility index (Phi) is 15.9. The van der Waals surface area contributed by atoms with Gasteiger partial charge in [0.05, 0.1) is 18.8 Å². The molecule has 0 aliphatic carbocycles. The summed E-state index contributed by atoms with van der Waals surface area (Å²) in [5.74, 6) is 0.262. The van der Waals surface area contributed by atoms with E-state index in [0.717, 1.165) is 6.42 Å². The lowest BCUT2D eigenvalue weighted by atomic mass is 9.95. The molecule has 4 heteroatoms. The van der Waals surface area contributed by atoms with Gasteiger partial charge in [-0.2, -0.15) is 0 Å². The Morgan fingerprint density at radius 2 is 1.50 bits per heavy atom. The lowest BCUT2D eigenvalue weighted by Gasteiger charge is -2.29. The normalized spacial score (nSPS) is 17.0. The summed E-state index contributed by atoms with van der Waals surface area (Å²) in [5.41, 5.74) is -0.871. The van der Waals surface area contributed by atoms with Gasteiger partial charge in [0.2, 0.25) is 0 Å². The molecule has 0 amide bonds. The van der Waals surface area contributed by atoms with Gasteiger partial charge in [0.15, 0.2) is 5.60 Å². The smallest absolute Gasteiger partial charge is 0.338 e. The molecule has 0 heterocycles. The van der Waals surface area contributed by atoms with Crippen molar-refractivity contribution in [3.8, 4) is 0 Å². The zero-order valence-electron chi connectivity index (χ0n) is 19.9. The van der Waals surface area contributed by atoms with Crippen molar-refractivity contribution in [2.45, 2.75) is 130 Å². The van der Waals surface area contributed by atoms with E-state index in [0.29, 0.717) is 18.9 Å². The number of hydrogen-bond donors (Lipinski definition) is 0. The molecule has 168 valence electrons. The fourth-order valence-corrected chi connectivity index (χ4v) is 3.15. The Morgan fingerprint density at radius 3 is 2.07 bits per heavy atom. The minimum Gasteiger partial charge on any atom is -0.461 e. The lowest BCUT2D eigenvalue weighted by molar-refractivity contribution is -0.177. The molecule has 0 N–H and O–H groups in total. The topological polar surface area (TPSA) is 44.8 Å². The quantitative estimate of drug-likeness (QED) is 0.190. The maximum Gasteiger partial charge on any atom is 0.338 e. The summed E-state index contributed by atoms with van der Waals surface area (Å²) in [5, 5.41) is 0. The zero-order chi connectivity index (χ0) is 21.4. The van der Waals surface area contributed by atoms with Gasteiger partial charge in [-0.1, -0.05) is 66.2 Å². The van der Waals surface area contributed by atoms with E-state index in [1.54, 1.807) is 0 Å². The van der Waals surface area contributed by atoms with Crippen LogP contribution in [0.2, 0.25) is 0 Å². The minimum atomic E-state index is -0.871. The lowest BCUT2D eigenvalue weighted by Crippen LogP contribution is -2.41. The highest BCUT2D eigenvalue weighted by molar-refractivity contribution is 5.79. The van der Waals surface area contributed by atoms with E-state index < -0.39 is 5.60 Å². The average molecular weight is 401 g/mol. The van der Waals surface area contributed by atoms with Crippen LogP contribution in [0.3, 0.4) is 0 Å². The van der Waals surface area contributed by atoms with Gasteiger partial charge in [-0.15, -0.1) is 0 Å². The monoisotopic (exact) mass is 400 g/mol. The van der Waals surface area contributed by atoms with Crippen LogP contribution in [0.25, 0.3) is 0 Å². The SMILES string of the molecule is CCCCCCC(CCCC)COC(C)(CC)C(=O)OCC(C)OC(C)CC. The Hall–Kier alpha value is -0.610. The van der Waals surface area contributed by atoms with Crippen LogP contribution in [0.5, 0.6) is 0 Å². The number of carbonyl (C=O) groups is 1. The van der Waals surface area contributed by atoms with Gasteiger partial charge in [0.25, 0.3) is 0 Å². The van der Waals surface area contributed by atoms with Crippen LogP contribution in [-0.4, -0.2) is 37.0 Å². The van der Waals surface area contributed by atoms with Crippen LogP contribution >= 0.6 is 0 Å². The molecule has 4 unspecified atom stereocenters. The molecular formula is C24H48O4. The second-order valence-electron chi connectivity index (χ2n) is 8.52. The van der Waals surface area contributed by atoms with Gasteiger partial charge in [-0.25, -0.2) is 4.79 Å². The molecule has 4 nitrogen and oxygen atoms in total. The predicted octanol–water partition coefficient (Wildman–Crippen LogP) is 6.70. The first kappa shape index (κ1) is 27.4. The molecule has 0 aromatic rings. The Balaban J connectivity index is 4.56. The Labute approximate surface area is 175 Å². The molecule has 0 aromatic carbocycles. The second kappa shape index (κ2) is 16.2. The van der Waals surface area contributed by atoms with Crippen molar-refractivity contribution in [3.63, 3.8) is 0 Å². The molecular weight excluding hydrogens is 352 g/mol. The summed E-state index contributed by atoms with van der Waals surface area (Å²) in [6.45, 7) is 15.3. The van der Waals surface area contributed by atoms with Crippen molar-refractivity contribution in [1.29, 1.82) is 0 Å². The average Bonchev–Trinajstić information content (AvgIpc) is 2.70.